The minimum atomic E-state index is -0.391. The van der Waals surface area contributed by atoms with Crippen molar-refractivity contribution in [2.45, 2.75) is 45.0 Å². The van der Waals surface area contributed by atoms with Gasteiger partial charge in [-0.25, -0.2) is 0 Å². The summed E-state index contributed by atoms with van der Waals surface area (Å²) in [5.41, 5.74) is 7.50. The molecule has 2 rings (SSSR count). The standard InChI is InChI=1S/C18H24N4O2S/c1-5-8-22-17(20-21-18(22)25-11-16(19)23)10-24-15-9-13(4)6-7-14(15)12(2)3/h5-7,9,12H,1,8,10-11H2,2-4H3,(H2,19,23). The van der Waals surface area contributed by atoms with Gasteiger partial charge in [-0.2, -0.15) is 0 Å². The lowest BCUT2D eigenvalue weighted by Crippen LogP contribution is -2.14. The van der Waals surface area contributed by atoms with E-state index in [0.29, 0.717) is 30.1 Å². The lowest BCUT2D eigenvalue weighted by molar-refractivity contribution is -0.115. The molecule has 0 saturated carbocycles. The molecular formula is C18H24N4O2S. The Morgan fingerprint density at radius 1 is 1.44 bits per heavy atom. The van der Waals surface area contributed by atoms with Gasteiger partial charge in [0.15, 0.2) is 11.0 Å². The second kappa shape index (κ2) is 8.71. The van der Waals surface area contributed by atoms with Gasteiger partial charge in [-0.3, -0.25) is 9.36 Å². The maximum Gasteiger partial charge on any atom is 0.227 e. The first-order valence-electron chi connectivity index (χ1n) is 8.09. The van der Waals surface area contributed by atoms with Crippen LogP contribution in [0.4, 0.5) is 0 Å². The lowest BCUT2D eigenvalue weighted by Gasteiger charge is -2.15. The van der Waals surface area contributed by atoms with Crippen molar-refractivity contribution < 1.29 is 9.53 Å². The number of thioether (sulfide) groups is 1. The number of nitrogens with two attached hydrogens (primary N) is 1. The summed E-state index contributed by atoms with van der Waals surface area (Å²) >= 11 is 1.26. The van der Waals surface area contributed by atoms with Gasteiger partial charge in [-0.15, -0.1) is 16.8 Å². The van der Waals surface area contributed by atoms with Crippen LogP contribution in [0.1, 0.15) is 36.7 Å². The summed E-state index contributed by atoms with van der Waals surface area (Å²) in [6, 6.07) is 6.21. The van der Waals surface area contributed by atoms with Gasteiger partial charge < -0.3 is 10.5 Å². The number of aromatic nitrogens is 3. The molecule has 2 aromatic rings. The van der Waals surface area contributed by atoms with E-state index in [1.54, 1.807) is 6.08 Å². The molecule has 0 atom stereocenters. The number of hydrogen-bond donors (Lipinski definition) is 1. The monoisotopic (exact) mass is 360 g/mol. The van der Waals surface area contributed by atoms with E-state index < -0.39 is 5.91 Å². The Bertz CT molecular complexity index is 756. The van der Waals surface area contributed by atoms with Gasteiger partial charge in [0.1, 0.15) is 12.4 Å². The largest absolute Gasteiger partial charge is 0.485 e. The fraction of sp³-hybridized carbons (Fsp3) is 0.389. The van der Waals surface area contributed by atoms with Crippen molar-refractivity contribution in [3.05, 3.63) is 47.8 Å². The number of aryl methyl sites for hydroxylation is 1. The number of allylic oxidation sites excluding steroid dienone is 1. The molecule has 134 valence electrons. The van der Waals surface area contributed by atoms with E-state index in [4.69, 9.17) is 10.5 Å². The number of hydrogen-bond acceptors (Lipinski definition) is 5. The molecule has 0 bridgehead atoms. The molecule has 0 saturated heterocycles. The van der Waals surface area contributed by atoms with Crippen LogP contribution < -0.4 is 10.5 Å². The third-order valence-electron chi connectivity index (χ3n) is 3.60. The molecule has 0 aliphatic rings. The lowest BCUT2D eigenvalue weighted by atomic mass is 10.0. The average molecular weight is 360 g/mol. The molecule has 7 heteroatoms. The summed E-state index contributed by atoms with van der Waals surface area (Å²) in [5.74, 6) is 1.67. The highest BCUT2D eigenvalue weighted by Gasteiger charge is 2.15. The summed E-state index contributed by atoms with van der Waals surface area (Å²) < 4.78 is 7.91. The van der Waals surface area contributed by atoms with Crippen molar-refractivity contribution in [2.24, 2.45) is 5.73 Å². The summed E-state index contributed by atoms with van der Waals surface area (Å²) in [4.78, 5) is 11.0. The van der Waals surface area contributed by atoms with E-state index in [9.17, 15) is 4.79 Å². The zero-order valence-electron chi connectivity index (χ0n) is 14.9. The highest BCUT2D eigenvalue weighted by molar-refractivity contribution is 7.99. The Balaban J connectivity index is 2.19. The van der Waals surface area contributed by atoms with E-state index in [0.717, 1.165) is 16.9 Å². The fourth-order valence-electron chi connectivity index (χ4n) is 2.37. The second-order valence-electron chi connectivity index (χ2n) is 6.04. The summed E-state index contributed by atoms with van der Waals surface area (Å²) in [7, 11) is 0. The van der Waals surface area contributed by atoms with Gasteiger partial charge in [-0.1, -0.05) is 43.8 Å². The quantitative estimate of drug-likeness (QED) is 0.549. The number of nitrogens with zero attached hydrogens (tertiary/aromatic N) is 3. The predicted molar refractivity (Wildman–Crippen MR) is 99.7 cm³/mol. The topological polar surface area (TPSA) is 83.0 Å². The third-order valence-corrected chi connectivity index (χ3v) is 4.59. The number of rotatable bonds is 9. The third kappa shape index (κ3) is 5.09. The van der Waals surface area contributed by atoms with E-state index in [-0.39, 0.29) is 5.75 Å². The molecule has 0 radical (unpaired) electrons. The van der Waals surface area contributed by atoms with Crippen molar-refractivity contribution in [1.82, 2.24) is 14.8 Å². The number of carbonyl (C=O) groups is 1. The Morgan fingerprint density at radius 3 is 2.84 bits per heavy atom. The van der Waals surface area contributed by atoms with Gasteiger partial charge in [0, 0.05) is 6.54 Å². The Hall–Kier alpha value is -2.28. The number of primary amides is 1. The normalized spacial score (nSPS) is 10.9. The highest BCUT2D eigenvalue weighted by atomic mass is 32.2. The van der Waals surface area contributed by atoms with Gasteiger partial charge in [0.05, 0.1) is 5.75 Å². The van der Waals surface area contributed by atoms with Gasteiger partial charge in [0.2, 0.25) is 5.91 Å². The molecule has 0 spiro atoms. The van der Waals surface area contributed by atoms with Crippen molar-refractivity contribution in [3.8, 4) is 5.75 Å². The first kappa shape index (κ1) is 19.1. The summed E-state index contributed by atoms with van der Waals surface area (Å²) in [6.45, 7) is 10.9. The average Bonchev–Trinajstić information content (AvgIpc) is 2.93. The highest BCUT2D eigenvalue weighted by Crippen LogP contribution is 2.28. The molecule has 6 nitrogen and oxygen atoms in total. The smallest absolute Gasteiger partial charge is 0.227 e. The SMILES string of the molecule is C=CCn1c(COc2cc(C)ccc2C(C)C)nnc1SCC(N)=O. The summed E-state index contributed by atoms with van der Waals surface area (Å²) in [5, 5.41) is 8.96. The number of carbonyl (C=O) groups excluding carboxylic acids is 1. The van der Waals surface area contributed by atoms with Crippen molar-refractivity contribution >= 4 is 17.7 Å². The molecule has 0 unspecified atom stereocenters. The fourth-order valence-corrected chi connectivity index (χ4v) is 3.07. The molecule has 0 aliphatic heterocycles. The van der Waals surface area contributed by atoms with Gasteiger partial charge >= 0.3 is 0 Å². The maximum absolute atomic E-state index is 11.0. The molecule has 1 amide bonds. The van der Waals surface area contributed by atoms with Crippen LogP contribution in [0.2, 0.25) is 0 Å². The molecule has 1 aromatic carbocycles. The van der Waals surface area contributed by atoms with Crippen LogP contribution in [0.25, 0.3) is 0 Å². The molecule has 2 N–H and O–H groups in total. The molecule has 25 heavy (non-hydrogen) atoms. The number of ether oxygens (including phenoxy) is 1. The van der Waals surface area contributed by atoms with E-state index in [1.807, 2.05) is 17.6 Å². The zero-order valence-corrected chi connectivity index (χ0v) is 15.7. The van der Waals surface area contributed by atoms with E-state index in [2.05, 4.69) is 42.8 Å². The number of amides is 1. The van der Waals surface area contributed by atoms with Crippen LogP contribution in [0.15, 0.2) is 36.0 Å². The molecule has 1 aromatic heterocycles. The molecule has 0 aliphatic carbocycles. The van der Waals surface area contributed by atoms with Crippen LogP contribution in [-0.4, -0.2) is 26.4 Å². The molecule has 1 heterocycles. The summed E-state index contributed by atoms with van der Waals surface area (Å²) in [6.07, 6.45) is 1.76. The van der Waals surface area contributed by atoms with Crippen LogP contribution >= 0.6 is 11.8 Å². The first-order valence-corrected chi connectivity index (χ1v) is 9.08. The Labute approximate surface area is 152 Å². The van der Waals surface area contributed by atoms with E-state index in [1.165, 1.54) is 11.8 Å². The van der Waals surface area contributed by atoms with Crippen LogP contribution in [-0.2, 0) is 17.9 Å². The van der Waals surface area contributed by atoms with Crippen LogP contribution in [0.3, 0.4) is 0 Å². The zero-order chi connectivity index (χ0) is 18.4. The molecule has 0 fully saturated rings. The Morgan fingerprint density at radius 2 is 2.20 bits per heavy atom. The maximum atomic E-state index is 11.0. The van der Waals surface area contributed by atoms with Gasteiger partial charge in [0.25, 0.3) is 0 Å². The first-order chi connectivity index (χ1) is 11.9. The second-order valence-corrected chi connectivity index (χ2v) is 6.98. The van der Waals surface area contributed by atoms with Gasteiger partial charge in [-0.05, 0) is 30.0 Å². The van der Waals surface area contributed by atoms with E-state index >= 15 is 0 Å². The van der Waals surface area contributed by atoms with Crippen molar-refractivity contribution in [3.63, 3.8) is 0 Å². The van der Waals surface area contributed by atoms with Crippen molar-refractivity contribution in [1.29, 1.82) is 0 Å². The minimum Gasteiger partial charge on any atom is -0.485 e. The Kier molecular flexibility index (Phi) is 6.64. The van der Waals surface area contributed by atoms with Crippen LogP contribution in [0.5, 0.6) is 5.75 Å². The molecular weight excluding hydrogens is 336 g/mol. The number of benzene rings is 1. The van der Waals surface area contributed by atoms with Crippen molar-refractivity contribution in [2.75, 3.05) is 5.75 Å². The minimum absolute atomic E-state index is 0.158. The van der Waals surface area contributed by atoms with Crippen LogP contribution in [0, 0.1) is 6.92 Å². The predicted octanol–water partition coefficient (Wildman–Crippen LogP) is 3.05.